The summed E-state index contributed by atoms with van der Waals surface area (Å²) >= 11 is 0. The average molecular weight is 430 g/mol. The van der Waals surface area contributed by atoms with Crippen LogP contribution in [0.4, 0.5) is 4.39 Å². The van der Waals surface area contributed by atoms with Gasteiger partial charge in [0, 0.05) is 26.2 Å². The van der Waals surface area contributed by atoms with Crippen molar-refractivity contribution in [2.75, 3.05) is 46.3 Å². The summed E-state index contributed by atoms with van der Waals surface area (Å²) < 4.78 is 13.1. The van der Waals surface area contributed by atoms with E-state index in [1.807, 2.05) is 32.2 Å². The van der Waals surface area contributed by atoms with Gasteiger partial charge in [0.05, 0.1) is 12.6 Å². The molecule has 4 nitrogen and oxygen atoms in total. The Balaban J connectivity index is 1.81. The van der Waals surface area contributed by atoms with Crippen molar-refractivity contribution in [1.29, 1.82) is 0 Å². The minimum Gasteiger partial charge on any atom is -0.298 e. The van der Waals surface area contributed by atoms with Crippen molar-refractivity contribution in [3.8, 4) is 0 Å². The number of carbonyl (C=O) groups excluding carboxylic acids is 1. The van der Waals surface area contributed by atoms with Gasteiger partial charge in [0.2, 0.25) is 0 Å². The molecule has 1 aromatic carbocycles. The maximum atomic E-state index is 13.1. The van der Waals surface area contributed by atoms with E-state index in [2.05, 4.69) is 45.9 Å². The summed E-state index contributed by atoms with van der Waals surface area (Å²) in [5.74, 6) is 0.327. The summed E-state index contributed by atoms with van der Waals surface area (Å²) in [5, 5.41) is 0. The number of benzene rings is 1. The Bertz CT molecular complexity index is 717. The monoisotopic (exact) mass is 429 g/mol. The number of likely N-dealkylation sites (tertiary alicyclic amines) is 1. The molecule has 0 saturated carbocycles. The minimum absolute atomic E-state index is 0.0346. The van der Waals surface area contributed by atoms with Gasteiger partial charge in [-0.05, 0) is 58.0 Å². The van der Waals surface area contributed by atoms with Crippen molar-refractivity contribution in [3.63, 3.8) is 0 Å². The highest BCUT2D eigenvalue weighted by molar-refractivity contribution is 5.86. The molecule has 1 saturated heterocycles. The van der Waals surface area contributed by atoms with Crippen LogP contribution in [0.5, 0.6) is 0 Å². The second-order valence-electron chi connectivity index (χ2n) is 8.59. The zero-order valence-corrected chi connectivity index (χ0v) is 19.8. The van der Waals surface area contributed by atoms with Gasteiger partial charge in [-0.2, -0.15) is 0 Å². The third-order valence-corrected chi connectivity index (χ3v) is 5.99. The Hall–Kier alpha value is -1.82. The van der Waals surface area contributed by atoms with E-state index < -0.39 is 6.17 Å². The number of rotatable bonds is 13. The molecule has 1 fully saturated rings. The maximum Gasteiger partial charge on any atom is 0.163 e. The molecule has 0 radical (unpaired) electrons. The molecule has 0 spiro atoms. The predicted molar refractivity (Wildman–Crippen MR) is 128 cm³/mol. The van der Waals surface area contributed by atoms with Crippen LogP contribution in [0.15, 0.2) is 54.1 Å². The second-order valence-corrected chi connectivity index (χ2v) is 8.59. The first kappa shape index (κ1) is 25.4. The Morgan fingerprint density at radius 3 is 2.65 bits per heavy atom. The molecule has 0 N–H and O–H groups in total. The molecule has 0 bridgehead atoms. The third kappa shape index (κ3) is 9.06. The molecule has 31 heavy (non-hydrogen) atoms. The van der Waals surface area contributed by atoms with Gasteiger partial charge in [0.1, 0.15) is 6.17 Å². The molecule has 1 aromatic rings. The maximum absolute atomic E-state index is 13.1. The van der Waals surface area contributed by atoms with Gasteiger partial charge in [-0.3, -0.25) is 19.5 Å². The highest BCUT2D eigenvalue weighted by atomic mass is 19.1. The van der Waals surface area contributed by atoms with E-state index in [-0.39, 0.29) is 6.04 Å². The summed E-state index contributed by atoms with van der Waals surface area (Å²) in [5.41, 5.74) is 2.39. The molecule has 0 aromatic heterocycles. The number of hydrogen-bond donors (Lipinski definition) is 0. The highest BCUT2D eigenvalue weighted by Gasteiger charge is 2.30. The zero-order chi connectivity index (χ0) is 22.6. The summed E-state index contributed by atoms with van der Waals surface area (Å²) in [7, 11) is 2.03. The number of ketones is 1. The van der Waals surface area contributed by atoms with Gasteiger partial charge in [-0.15, -0.1) is 0 Å². The SMILES string of the molecule is C/C=C(\C=C/C(C)F)CN(CC)CCN(C)CC(=O)[C@@H]1CCCN1Cc1ccccc1. The predicted octanol–water partition coefficient (Wildman–Crippen LogP) is 4.33. The van der Waals surface area contributed by atoms with Crippen LogP contribution in [0.3, 0.4) is 0 Å². The molecular formula is C26H40FN3O. The molecule has 1 unspecified atom stereocenters. The van der Waals surface area contributed by atoms with Crippen LogP contribution in [0, 0.1) is 0 Å². The van der Waals surface area contributed by atoms with Gasteiger partial charge >= 0.3 is 0 Å². The Labute approximate surface area is 188 Å². The normalized spacial score (nSPS) is 19.1. The fraction of sp³-hybridized carbons (Fsp3) is 0.577. The number of carbonyl (C=O) groups is 1. The first-order valence-corrected chi connectivity index (χ1v) is 11.6. The van der Waals surface area contributed by atoms with Crippen molar-refractivity contribution in [3.05, 3.63) is 59.7 Å². The largest absolute Gasteiger partial charge is 0.298 e. The summed E-state index contributed by atoms with van der Waals surface area (Å²) in [6.07, 6.45) is 6.63. The molecule has 0 amide bonds. The molecule has 1 aliphatic heterocycles. The lowest BCUT2D eigenvalue weighted by molar-refractivity contribution is -0.124. The minimum atomic E-state index is -0.931. The third-order valence-electron chi connectivity index (χ3n) is 5.99. The molecule has 1 aliphatic rings. The summed E-state index contributed by atoms with van der Waals surface area (Å²) in [6, 6.07) is 10.4. The Kier molecular flexibility index (Phi) is 11.1. The summed E-state index contributed by atoms with van der Waals surface area (Å²) in [6.45, 7) is 11.4. The molecule has 172 valence electrons. The Morgan fingerprint density at radius 2 is 2.00 bits per heavy atom. The van der Waals surface area contributed by atoms with Crippen LogP contribution in [0.1, 0.15) is 39.2 Å². The number of nitrogens with zero attached hydrogens (tertiary/aromatic N) is 3. The smallest absolute Gasteiger partial charge is 0.163 e. The van der Waals surface area contributed by atoms with Crippen molar-refractivity contribution in [1.82, 2.24) is 14.7 Å². The van der Waals surface area contributed by atoms with Crippen LogP contribution in [-0.4, -0.2) is 79.0 Å². The molecular weight excluding hydrogens is 389 g/mol. The lowest BCUT2D eigenvalue weighted by Gasteiger charge is -2.27. The van der Waals surface area contributed by atoms with Crippen molar-refractivity contribution in [2.24, 2.45) is 0 Å². The van der Waals surface area contributed by atoms with Gasteiger partial charge < -0.3 is 0 Å². The quantitative estimate of drug-likeness (QED) is 0.436. The van der Waals surface area contributed by atoms with E-state index in [1.165, 1.54) is 5.56 Å². The number of alkyl halides is 1. The van der Waals surface area contributed by atoms with E-state index in [0.717, 1.165) is 57.7 Å². The Morgan fingerprint density at radius 1 is 1.26 bits per heavy atom. The molecule has 1 heterocycles. The fourth-order valence-corrected chi connectivity index (χ4v) is 4.06. The van der Waals surface area contributed by atoms with E-state index in [0.29, 0.717) is 12.3 Å². The van der Waals surface area contributed by atoms with Crippen LogP contribution in [-0.2, 0) is 11.3 Å². The van der Waals surface area contributed by atoms with Gasteiger partial charge in [0.25, 0.3) is 0 Å². The average Bonchev–Trinajstić information content (AvgIpc) is 3.22. The van der Waals surface area contributed by atoms with Gasteiger partial charge in [-0.25, -0.2) is 4.39 Å². The standard InChI is InChI=1S/C26H40FN3O/c1-5-23(15-14-22(3)27)19-29(6-2)18-17-28(4)21-26(31)25-13-10-16-30(25)20-24-11-8-7-9-12-24/h5,7-9,11-12,14-15,22,25H,6,10,13,16-21H2,1-4H3/b15-14-,23-5+/t22?,25-/m0/s1. The lowest BCUT2D eigenvalue weighted by Crippen LogP contribution is -2.43. The first-order valence-electron chi connectivity index (χ1n) is 11.6. The fourth-order valence-electron chi connectivity index (χ4n) is 4.06. The van der Waals surface area contributed by atoms with E-state index in [9.17, 15) is 9.18 Å². The number of halogens is 1. The number of likely N-dealkylation sites (N-methyl/N-ethyl adjacent to an activating group) is 2. The van der Waals surface area contributed by atoms with E-state index >= 15 is 0 Å². The molecule has 0 aliphatic carbocycles. The molecule has 5 heteroatoms. The van der Waals surface area contributed by atoms with Crippen molar-refractivity contribution >= 4 is 5.78 Å². The number of hydrogen-bond acceptors (Lipinski definition) is 4. The lowest BCUT2D eigenvalue weighted by atomic mass is 10.1. The first-order chi connectivity index (χ1) is 14.9. The highest BCUT2D eigenvalue weighted by Crippen LogP contribution is 2.21. The van der Waals surface area contributed by atoms with Gasteiger partial charge in [0.15, 0.2) is 5.78 Å². The van der Waals surface area contributed by atoms with Crippen LogP contribution >= 0.6 is 0 Å². The van der Waals surface area contributed by atoms with E-state index in [1.54, 1.807) is 13.0 Å². The second kappa shape index (κ2) is 13.6. The van der Waals surface area contributed by atoms with Gasteiger partial charge in [-0.1, -0.05) is 55.5 Å². The van der Waals surface area contributed by atoms with Crippen molar-refractivity contribution in [2.45, 2.75) is 52.4 Å². The van der Waals surface area contributed by atoms with Crippen LogP contribution in [0.2, 0.25) is 0 Å². The van der Waals surface area contributed by atoms with E-state index in [4.69, 9.17) is 0 Å². The zero-order valence-electron chi connectivity index (χ0n) is 19.8. The topological polar surface area (TPSA) is 26.8 Å². The number of allylic oxidation sites excluding steroid dienone is 2. The van der Waals surface area contributed by atoms with Crippen molar-refractivity contribution < 1.29 is 9.18 Å². The molecule has 2 rings (SSSR count). The summed E-state index contributed by atoms with van der Waals surface area (Å²) in [4.78, 5) is 19.8. The van der Waals surface area contributed by atoms with Crippen LogP contribution < -0.4 is 0 Å². The van der Waals surface area contributed by atoms with Crippen LogP contribution in [0.25, 0.3) is 0 Å². The molecule has 2 atom stereocenters. The number of Topliss-reactive ketones (excluding diaryl/α,β-unsaturated/α-hetero) is 1.